The minimum atomic E-state index is -3.58. The van der Waals surface area contributed by atoms with Crippen LogP contribution in [0.1, 0.15) is 51.5 Å². The molecule has 0 aliphatic heterocycles. The van der Waals surface area contributed by atoms with Crippen LogP contribution in [-0.2, 0) is 26.2 Å². The zero-order chi connectivity index (χ0) is 27.4. The zero-order valence-electron chi connectivity index (χ0n) is 22.1. The molecule has 2 amide bonds. The quantitative estimate of drug-likeness (QED) is 0.326. The number of nitrogens with zero attached hydrogens (tertiary/aromatic N) is 2. The number of amides is 2. The number of ether oxygens (including phenoxy) is 1. The van der Waals surface area contributed by atoms with E-state index in [-0.39, 0.29) is 37.7 Å². The highest BCUT2D eigenvalue weighted by Gasteiger charge is 2.28. The molecule has 0 bridgehead atoms. The highest BCUT2D eigenvalue weighted by molar-refractivity contribution is 7.92. The Morgan fingerprint density at radius 3 is 2.35 bits per heavy atom. The Labute approximate surface area is 226 Å². The summed E-state index contributed by atoms with van der Waals surface area (Å²) >= 11 is 6.06. The Kier molecular flexibility index (Phi) is 12.2. The maximum absolute atomic E-state index is 13.5. The van der Waals surface area contributed by atoms with Gasteiger partial charge in [0.25, 0.3) is 0 Å². The number of halogens is 1. The van der Waals surface area contributed by atoms with Gasteiger partial charge in [0.2, 0.25) is 21.8 Å². The molecule has 1 atom stereocenters. The molecule has 0 aliphatic carbocycles. The number of hydrogen-bond donors (Lipinski definition) is 1. The molecule has 8 nitrogen and oxygen atoms in total. The maximum atomic E-state index is 13.5. The molecule has 0 aliphatic rings. The molecule has 0 saturated carbocycles. The number of rotatable bonds is 15. The van der Waals surface area contributed by atoms with Crippen LogP contribution in [0.15, 0.2) is 48.5 Å². The summed E-state index contributed by atoms with van der Waals surface area (Å²) in [5.41, 5.74) is 1.31. The van der Waals surface area contributed by atoms with E-state index in [9.17, 15) is 18.0 Å². The molecule has 10 heteroatoms. The Hall–Kier alpha value is -2.78. The molecule has 2 aromatic carbocycles. The molecule has 204 valence electrons. The van der Waals surface area contributed by atoms with Gasteiger partial charge in [-0.2, -0.15) is 0 Å². The molecule has 0 aromatic heterocycles. The van der Waals surface area contributed by atoms with E-state index in [4.69, 9.17) is 16.3 Å². The van der Waals surface area contributed by atoms with E-state index in [2.05, 4.69) is 5.32 Å². The van der Waals surface area contributed by atoms with Gasteiger partial charge in [0.05, 0.1) is 19.1 Å². The van der Waals surface area contributed by atoms with Crippen LogP contribution < -0.4 is 14.4 Å². The number of methoxy groups -OCH3 is 1. The highest BCUT2D eigenvalue weighted by atomic mass is 35.5. The van der Waals surface area contributed by atoms with E-state index in [0.717, 1.165) is 24.7 Å². The van der Waals surface area contributed by atoms with Crippen molar-refractivity contribution in [2.24, 2.45) is 0 Å². The van der Waals surface area contributed by atoms with Gasteiger partial charge in [0.1, 0.15) is 11.8 Å². The van der Waals surface area contributed by atoms with Crippen molar-refractivity contribution < 1.29 is 22.7 Å². The first kappa shape index (κ1) is 30.4. The van der Waals surface area contributed by atoms with Crippen LogP contribution in [0.3, 0.4) is 0 Å². The largest absolute Gasteiger partial charge is 0.497 e. The van der Waals surface area contributed by atoms with Gasteiger partial charge in [-0.25, -0.2) is 8.42 Å². The number of benzene rings is 2. The Morgan fingerprint density at radius 2 is 1.78 bits per heavy atom. The highest BCUT2D eigenvalue weighted by Crippen LogP contribution is 2.23. The van der Waals surface area contributed by atoms with E-state index >= 15 is 0 Å². The number of hydrogen-bond acceptors (Lipinski definition) is 5. The van der Waals surface area contributed by atoms with Crippen LogP contribution in [0, 0.1) is 0 Å². The van der Waals surface area contributed by atoms with Crippen LogP contribution in [0.5, 0.6) is 5.75 Å². The van der Waals surface area contributed by atoms with Crippen LogP contribution in [0.4, 0.5) is 5.69 Å². The summed E-state index contributed by atoms with van der Waals surface area (Å²) in [7, 11) is -2.00. The molecule has 1 N–H and O–H groups in total. The third-order valence-electron chi connectivity index (χ3n) is 5.98. The normalized spacial score (nSPS) is 12.0. The molecule has 2 aromatic rings. The number of unbranched alkanes of at least 4 members (excludes halogenated alkanes) is 1. The maximum Gasteiger partial charge on any atom is 0.242 e. The molecule has 37 heavy (non-hydrogen) atoms. The van der Waals surface area contributed by atoms with Crippen molar-refractivity contribution >= 4 is 39.1 Å². The zero-order valence-corrected chi connectivity index (χ0v) is 23.6. The topological polar surface area (TPSA) is 96.0 Å². The summed E-state index contributed by atoms with van der Waals surface area (Å²) in [4.78, 5) is 28.0. The van der Waals surface area contributed by atoms with Crippen molar-refractivity contribution in [3.63, 3.8) is 0 Å². The molecule has 2 rings (SSSR count). The fourth-order valence-electron chi connectivity index (χ4n) is 3.99. The number of sulfonamides is 1. The van der Waals surface area contributed by atoms with Gasteiger partial charge in [-0.05, 0) is 55.2 Å². The van der Waals surface area contributed by atoms with Crippen molar-refractivity contribution in [2.45, 2.75) is 58.5 Å². The third kappa shape index (κ3) is 9.55. The number of carbonyl (C=O) groups excluding carboxylic acids is 2. The molecular weight excluding hydrogens is 514 g/mol. The van der Waals surface area contributed by atoms with Crippen LogP contribution in [-0.4, -0.2) is 57.6 Å². The summed E-state index contributed by atoms with van der Waals surface area (Å²) in [5, 5.41) is 3.37. The van der Waals surface area contributed by atoms with Gasteiger partial charge in [-0.3, -0.25) is 13.9 Å². The lowest BCUT2D eigenvalue weighted by atomic mass is 10.1. The molecular formula is C27H38ClN3O5S. The van der Waals surface area contributed by atoms with E-state index in [1.807, 2.05) is 38.1 Å². The van der Waals surface area contributed by atoms with Crippen LogP contribution >= 0.6 is 11.6 Å². The van der Waals surface area contributed by atoms with Gasteiger partial charge in [0.15, 0.2) is 0 Å². The van der Waals surface area contributed by atoms with Crippen molar-refractivity contribution in [1.29, 1.82) is 0 Å². The molecule has 0 radical (unpaired) electrons. The minimum Gasteiger partial charge on any atom is -0.497 e. The summed E-state index contributed by atoms with van der Waals surface area (Å²) in [6, 6.07) is 13.3. The first-order valence-electron chi connectivity index (χ1n) is 12.5. The van der Waals surface area contributed by atoms with Gasteiger partial charge < -0.3 is 15.0 Å². The monoisotopic (exact) mass is 551 g/mol. The summed E-state index contributed by atoms with van der Waals surface area (Å²) in [5.74, 6) is 0.301. The van der Waals surface area contributed by atoms with Gasteiger partial charge in [-0.15, -0.1) is 0 Å². The Bertz CT molecular complexity index is 1130. The average molecular weight is 552 g/mol. The number of anilines is 1. The fourth-order valence-corrected chi connectivity index (χ4v) is 5.13. The molecule has 0 saturated heterocycles. The van der Waals surface area contributed by atoms with Crippen LogP contribution in [0.25, 0.3) is 0 Å². The lowest BCUT2D eigenvalue weighted by molar-refractivity contribution is -0.141. The molecule has 1 unspecified atom stereocenters. The smallest absolute Gasteiger partial charge is 0.242 e. The number of nitrogens with one attached hydrogen (secondary N) is 1. The summed E-state index contributed by atoms with van der Waals surface area (Å²) in [6.07, 6.45) is 3.76. The Morgan fingerprint density at radius 1 is 1.08 bits per heavy atom. The number of carbonyl (C=O) groups is 2. The second-order valence-corrected chi connectivity index (χ2v) is 11.2. The van der Waals surface area contributed by atoms with Gasteiger partial charge in [0, 0.05) is 31.1 Å². The molecule has 0 fully saturated rings. The molecule has 0 spiro atoms. The van der Waals surface area contributed by atoms with Crippen molar-refractivity contribution in [3.05, 3.63) is 59.1 Å². The van der Waals surface area contributed by atoms with E-state index in [0.29, 0.717) is 29.4 Å². The predicted octanol–water partition coefficient (Wildman–Crippen LogP) is 4.62. The summed E-state index contributed by atoms with van der Waals surface area (Å²) in [6.45, 7) is 4.85. The van der Waals surface area contributed by atoms with Gasteiger partial charge in [-0.1, -0.05) is 50.1 Å². The van der Waals surface area contributed by atoms with E-state index in [1.165, 1.54) is 4.31 Å². The first-order valence-corrected chi connectivity index (χ1v) is 14.8. The van der Waals surface area contributed by atoms with Crippen LogP contribution in [0.2, 0.25) is 5.02 Å². The predicted molar refractivity (Wildman–Crippen MR) is 148 cm³/mol. The standard InChI is InChI=1S/C27H38ClN3O5S/c1-5-7-17-29-27(33)25(6-2)30(20-21-13-15-24(36-3)16-14-21)26(32)12-9-18-31(37(4,34)35)23-11-8-10-22(28)19-23/h8,10-11,13-16,19,25H,5-7,9,12,17-18,20H2,1-4H3,(H,29,33). The third-order valence-corrected chi connectivity index (χ3v) is 7.40. The average Bonchev–Trinajstić information content (AvgIpc) is 2.86. The fraction of sp³-hybridized carbons (Fsp3) is 0.481. The minimum absolute atomic E-state index is 0.0848. The lowest BCUT2D eigenvalue weighted by Crippen LogP contribution is -2.49. The SMILES string of the molecule is CCCCNC(=O)C(CC)N(Cc1ccc(OC)cc1)C(=O)CCCN(c1cccc(Cl)c1)S(C)(=O)=O. The van der Waals surface area contributed by atoms with Crippen molar-refractivity contribution in [2.75, 3.05) is 30.8 Å². The summed E-state index contributed by atoms with van der Waals surface area (Å²) < 4.78 is 31.3. The Balaban J connectivity index is 2.20. The van der Waals surface area contributed by atoms with Crippen molar-refractivity contribution in [3.8, 4) is 5.75 Å². The van der Waals surface area contributed by atoms with Gasteiger partial charge >= 0.3 is 0 Å². The van der Waals surface area contributed by atoms with E-state index in [1.54, 1.807) is 36.3 Å². The second kappa shape index (κ2) is 14.8. The lowest BCUT2D eigenvalue weighted by Gasteiger charge is -2.31. The van der Waals surface area contributed by atoms with E-state index < -0.39 is 16.1 Å². The first-order chi connectivity index (χ1) is 17.6. The molecule has 0 heterocycles. The van der Waals surface area contributed by atoms with Crippen molar-refractivity contribution in [1.82, 2.24) is 10.2 Å². The second-order valence-electron chi connectivity index (χ2n) is 8.86.